The number of carbonyl (C=O) groups is 1. The summed E-state index contributed by atoms with van der Waals surface area (Å²) < 4.78 is 7.62. The van der Waals surface area contributed by atoms with Gasteiger partial charge >= 0.3 is 0 Å². The molecule has 0 saturated carbocycles. The standard InChI is InChI=1S/C24H26N6O2/c1-2-6-22(31)29-13-11-18(12-14-29)30-24(26)20(15-25)23(28-30)17-9-10-21(27-16-17)32-19-7-4-3-5-8-19/h3-5,7-10,16,18H,11-15,25-26H2,1H3. The van der Waals surface area contributed by atoms with Gasteiger partial charge in [0, 0.05) is 43.0 Å². The minimum atomic E-state index is -0.133. The second kappa shape index (κ2) is 9.54. The molecule has 2 aromatic heterocycles. The fraction of sp³-hybridized carbons (Fsp3) is 0.292. The van der Waals surface area contributed by atoms with Gasteiger partial charge in [-0.1, -0.05) is 24.1 Å². The molecule has 164 valence electrons. The Morgan fingerprint density at radius 2 is 1.94 bits per heavy atom. The molecular formula is C24H26N6O2. The normalized spacial score (nSPS) is 14.0. The number of carbonyl (C=O) groups excluding carboxylic acids is 1. The number of rotatable bonds is 5. The number of anilines is 1. The summed E-state index contributed by atoms with van der Waals surface area (Å²) in [5.74, 6) is 6.91. The van der Waals surface area contributed by atoms with Crippen molar-refractivity contribution in [1.82, 2.24) is 19.7 Å². The van der Waals surface area contributed by atoms with Crippen LogP contribution in [0.3, 0.4) is 0 Å². The van der Waals surface area contributed by atoms with Gasteiger partial charge in [0.1, 0.15) is 17.3 Å². The van der Waals surface area contributed by atoms with Crippen LogP contribution in [-0.2, 0) is 11.3 Å². The second-order valence-electron chi connectivity index (χ2n) is 7.56. The van der Waals surface area contributed by atoms with Crippen LogP contribution >= 0.6 is 0 Å². The van der Waals surface area contributed by atoms with Gasteiger partial charge in [-0.25, -0.2) is 9.67 Å². The Kier molecular flexibility index (Phi) is 6.38. The third kappa shape index (κ3) is 4.43. The smallest absolute Gasteiger partial charge is 0.298 e. The molecule has 0 unspecified atom stereocenters. The lowest BCUT2D eigenvalue weighted by Gasteiger charge is -2.31. The van der Waals surface area contributed by atoms with Crippen molar-refractivity contribution in [2.45, 2.75) is 32.4 Å². The maximum atomic E-state index is 12.0. The predicted molar refractivity (Wildman–Crippen MR) is 123 cm³/mol. The first-order chi connectivity index (χ1) is 15.6. The van der Waals surface area contributed by atoms with Crippen LogP contribution in [0.5, 0.6) is 11.6 Å². The van der Waals surface area contributed by atoms with Gasteiger partial charge < -0.3 is 21.1 Å². The van der Waals surface area contributed by atoms with E-state index in [1.807, 2.05) is 41.1 Å². The molecule has 3 heterocycles. The number of amides is 1. The molecule has 3 aromatic rings. The van der Waals surface area contributed by atoms with Crippen molar-refractivity contribution in [3.63, 3.8) is 0 Å². The molecule has 32 heavy (non-hydrogen) atoms. The van der Waals surface area contributed by atoms with E-state index in [1.54, 1.807) is 24.1 Å². The monoisotopic (exact) mass is 430 g/mol. The Morgan fingerprint density at radius 3 is 2.56 bits per heavy atom. The summed E-state index contributed by atoms with van der Waals surface area (Å²) in [7, 11) is 0. The Balaban J connectivity index is 1.52. The van der Waals surface area contributed by atoms with Crippen molar-refractivity contribution in [1.29, 1.82) is 0 Å². The van der Waals surface area contributed by atoms with Crippen molar-refractivity contribution in [3.8, 4) is 34.7 Å². The maximum Gasteiger partial charge on any atom is 0.298 e. The van der Waals surface area contributed by atoms with Gasteiger partial charge in [-0.2, -0.15) is 5.10 Å². The lowest BCUT2D eigenvalue weighted by atomic mass is 10.0. The molecule has 4 N–H and O–H groups in total. The summed E-state index contributed by atoms with van der Waals surface area (Å²) in [6.45, 7) is 3.18. The van der Waals surface area contributed by atoms with E-state index in [1.165, 1.54) is 0 Å². The van der Waals surface area contributed by atoms with Gasteiger partial charge in [-0.05, 0) is 43.9 Å². The highest BCUT2D eigenvalue weighted by atomic mass is 16.5. The number of hydrogen-bond donors (Lipinski definition) is 2. The lowest BCUT2D eigenvalue weighted by molar-refractivity contribution is -0.126. The molecular weight excluding hydrogens is 404 g/mol. The Hall–Kier alpha value is -3.83. The summed E-state index contributed by atoms with van der Waals surface area (Å²) in [5, 5.41) is 4.79. The number of pyridine rings is 1. The molecule has 1 aliphatic rings. The first-order valence-electron chi connectivity index (χ1n) is 10.6. The van der Waals surface area contributed by atoms with Gasteiger partial charge in [-0.15, -0.1) is 0 Å². The van der Waals surface area contributed by atoms with Crippen molar-refractivity contribution >= 4 is 11.7 Å². The van der Waals surface area contributed by atoms with E-state index in [2.05, 4.69) is 16.8 Å². The average molecular weight is 431 g/mol. The van der Waals surface area contributed by atoms with E-state index in [4.69, 9.17) is 21.3 Å². The fourth-order valence-corrected chi connectivity index (χ4v) is 3.88. The third-order valence-corrected chi connectivity index (χ3v) is 5.56. The average Bonchev–Trinajstić information content (AvgIpc) is 3.16. The van der Waals surface area contributed by atoms with Crippen LogP contribution < -0.4 is 16.2 Å². The van der Waals surface area contributed by atoms with Crippen LogP contribution in [0.25, 0.3) is 11.3 Å². The highest BCUT2D eigenvalue weighted by Gasteiger charge is 2.27. The van der Waals surface area contributed by atoms with Crippen molar-refractivity contribution in [3.05, 3.63) is 54.2 Å². The van der Waals surface area contributed by atoms with Crippen LogP contribution in [0.2, 0.25) is 0 Å². The van der Waals surface area contributed by atoms with E-state index >= 15 is 0 Å². The van der Waals surface area contributed by atoms with Crippen molar-refractivity contribution < 1.29 is 9.53 Å². The van der Waals surface area contributed by atoms with E-state index < -0.39 is 0 Å². The Bertz CT molecular complexity index is 1140. The molecule has 1 fully saturated rings. The number of likely N-dealkylation sites (tertiary alicyclic amines) is 1. The number of ether oxygens (including phenoxy) is 1. The maximum absolute atomic E-state index is 12.0. The molecule has 1 saturated heterocycles. The quantitative estimate of drug-likeness (QED) is 0.602. The SMILES string of the molecule is CC#CC(=O)N1CCC(n2nc(-c3ccc(Oc4ccccc4)nc3)c(CN)c2N)CC1. The molecule has 0 bridgehead atoms. The van der Waals surface area contributed by atoms with E-state index in [0.717, 1.165) is 35.4 Å². The molecule has 4 rings (SSSR count). The number of piperidine rings is 1. The molecule has 8 heteroatoms. The summed E-state index contributed by atoms with van der Waals surface area (Å²) in [5.41, 5.74) is 14.8. The van der Waals surface area contributed by atoms with Gasteiger partial charge in [0.15, 0.2) is 0 Å². The topological polar surface area (TPSA) is 112 Å². The molecule has 1 aromatic carbocycles. The summed E-state index contributed by atoms with van der Waals surface area (Å²) in [6.07, 6.45) is 3.23. The third-order valence-electron chi connectivity index (χ3n) is 5.56. The molecule has 0 spiro atoms. The van der Waals surface area contributed by atoms with Gasteiger partial charge in [0.05, 0.1) is 6.04 Å². The van der Waals surface area contributed by atoms with E-state index in [-0.39, 0.29) is 18.5 Å². The van der Waals surface area contributed by atoms with Crippen LogP contribution in [-0.4, -0.2) is 38.7 Å². The molecule has 0 radical (unpaired) electrons. The van der Waals surface area contributed by atoms with Crippen LogP contribution in [0.15, 0.2) is 48.7 Å². The second-order valence-corrected chi connectivity index (χ2v) is 7.56. The van der Waals surface area contributed by atoms with Crippen molar-refractivity contribution in [2.24, 2.45) is 5.73 Å². The number of para-hydroxylation sites is 1. The van der Waals surface area contributed by atoms with E-state index in [0.29, 0.717) is 24.8 Å². The molecule has 1 aliphatic heterocycles. The number of hydrogen-bond acceptors (Lipinski definition) is 6. The van der Waals surface area contributed by atoms with Gasteiger partial charge in [0.25, 0.3) is 5.91 Å². The molecule has 8 nitrogen and oxygen atoms in total. The lowest BCUT2D eigenvalue weighted by Crippen LogP contribution is -2.38. The Morgan fingerprint density at radius 1 is 1.19 bits per heavy atom. The van der Waals surface area contributed by atoms with Crippen molar-refractivity contribution in [2.75, 3.05) is 18.8 Å². The summed E-state index contributed by atoms with van der Waals surface area (Å²) >= 11 is 0. The van der Waals surface area contributed by atoms with Gasteiger partial charge in [0.2, 0.25) is 5.88 Å². The number of aromatic nitrogens is 3. The Labute approximate surface area is 187 Å². The predicted octanol–water partition coefficient (Wildman–Crippen LogP) is 2.97. The van der Waals surface area contributed by atoms with Crippen LogP contribution in [0.4, 0.5) is 5.82 Å². The largest absolute Gasteiger partial charge is 0.439 e. The van der Waals surface area contributed by atoms with Gasteiger partial charge in [-0.3, -0.25) is 4.79 Å². The summed E-state index contributed by atoms with van der Waals surface area (Å²) in [4.78, 5) is 18.2. The number of nitrogen functional groups attached to an aromatic ring is 1. The highest BCUT2D eigenvalue weighted by molar-refractivity contribution is 5.93. The van der Waals surface area contributed by atoms with Crippen LogP contribution in [0.1, 0.15) is 31.4 Å². The minimum Gasteiger partial charge on any atom is -0.439 e. The molecule has 0 aliphatic carbocycles. The zero-order chi connectivity index (χ0) is 22.5. The number of benzene rings is 1. The van der Waals surface area contributed by atoms with E-state index in [9.17, 15) is 4.79 Å². The zero-order valence-electron chi connectivity index (χ0n) is 18.0. The number of nitrogens with two attached hydrogens (primary N) is 2. The number of nitrogens with zero attached hydrogens (tertiary/aromatic N) is 4. The summed E-state index contributed by atoms with van der Waals surface area (Å²) in [6, 6.07) is 13.3. The van der Waals surface area contributed by atoms with Crippen LogP contribution in [0, 0.1) is 11.8 Å². The first-order valence-corrected chi connectivity index (χ1v) is 10.6. The zero-order valence-corrected chi connectivity index (χ0v) is 18.0. The highest BCUT2D eigenvalue weighted by Crippen LogP contribution is 2.33. The minimum absolute atomic E-state index is 0.0985. The molecule has 1 amide bonds. The fourth-order valence-electron chi connectivity index (χ4n) is 3.88. The molecule has 0 atom stereocenters. The first kappa shape index (κ1) is 21.4.